The fourth-order valence-corrected chi connectivity index (χ4v) is 3.67. The number of fused-ring (bicyclic) bond motifs is 5. The summed E-state index contributed by atoms with van der Waals surface area (Å²) in [5, 5.41) is 7.74. The molecule has 0 spiro atoms. The highest BCUT2D eigenvalue weighted by Gasteiger charge is 2.59. The lowest BCUT2D eigenvalue weighted by Gasteiger charge is -2.15. The standard InChI is InChI=1S/C14H13N3O3/c1-20-10-5-4-9(15-16-10)17-13(18)11-7-2-3-8(6-7)12(11)14(17)19/h2-5,7-8,11-12H,6H2,1H3/t7-,8-,11-,12-/m0/s1. The molecule has 2 aliphatic carbocycles. The molecule has 20 heavy (non-hydrogen) atoms. The normalized spacial score (nSPS) is 34.0. The van der Waals surface area contributed by atoms with Crippen molar-refractivity contribution in [1.82, 2.24) is 10.2 Å². The zero-order valence-electron chi connectivity index (χ0n) is 10.9. The van der Waals surface area contributed by atoms with Crippen molar-refractivity contribution in [1.29, 1.82) is 0 Å². The Morgan fingerprint density at radius 2 is 1.75 bits per heavy atom. The highest BCUT2D eigenvalue weighted by molar-refractivity contribution is 6.22. The summed E-state index contributed by atoms with van der Waals surface area (Å²) in [6.07, 6.45) is 5.06. The Hall–Kier alpha value is -2.24. The highest BCUT2D eigenvalue weighted by atomic mass is 16.5. The first-order valence-corrected chi connectivity index (χ1v) is 6.64. The molecule has 6 heteroatoms. The van der Waals surface area contributed by atoms with Crippen LogP contribution in [-0.2, 0) is 9.59 Å². The summed E-state index contributed by atoms with van der Waals surface area (Å²) in [4.78, 5) is 26.2. The monoisotopic (exact) mass is 271 g/mol. The van der Waals surface area contributed by atoms with E-state index in [0.717, 1.165) is 6.42 Å². The number of imide groups is 1. The van der Waals surface area contributed by atoms with Crippen molar-refractivity contribution in [2.45, 2.75) is 6.42 Å². The van der Waals surface area contributed by atoms with Crippen molar-refractivity contribution >= 4 is 17.6 Å². The SMILES string of the molecule is COc1ccc(N2C(=O)[C@@H]3[C@@H](C2=O)[C@H]2C=C[C@H]3C2)nn1. The quantitative estimate of drug-likeness (QED) is 0.587. The van der Waals surface area contributed by atoms with Crippen LogP contribution in [0.3, 0.4) is 0 Å². The zero-order valence-corrected chi connectivity index (χ0v) is 10.9. The molecule has 1 aliphatic heterocycles. The molecule has 2 heterocycles. The van der Waals surface area contributed by atoms with Crippen molar-refractivity contribution in [3.63, 3.8) is 0 Å². The van der Waals surface area contributed by atoms with Crippen molar-refractivity contribution in [2.24, 2.45) is 23.7 Å². The Bertz CT molecular complexity index is 595. The lowest BCUT2D eigenvalue weighted by atomic mass is 9.85. The summed E-state index contributed by atoms with van der Waals surface area (Å²) < 4.78 is 4.93. The number of hydrogen-bond donors (Lipinski definition) is 0. The van der Waals surface area contributed by atoms with Crippen LogP contribution in [0.15, 0.2) is 24.3 Å². The Balaban J connectivity index is 1.70. The second-order valence-corrected chi connectivity index (χ2v) is 5.45. The van der Waals surface area contributed by atoms with E-state index in [2.05, 4.69) is 22.3 Å². The topological polar surface area (TPSA) is 72.4 Å². The van der Waals surface area contributed by atoms with Crippen LogP contribution in [0, 0.1) is 23.7 Å². The van der Waals surface area contributed by atoms with E-state index in [1.165, 1.54) is 12.0 Å². The number of carbonyl (C=O) groups is 2. The fourth-order valence-electron chi connectivity index (χ4n) is 3.67. The molecule has 0 unspecified atom stereocenters. The lowest BCUT2D eigenvalue weighted by molar-refractivity contribution is -0.123. The average molecular weight is 271 g/mol. The second kappa shape index (κ2) is 3.88. The molecule has 1 saturated carbocycles. The maximum Gasteiger partial charge on any atom is 0.239 e. The number of allylic oxidation sites excluding steroid dienone is 2. The third-order valence-electron chi connectivity index (χ3n) is 4.53. The van der Waals surface area contributed by atoms with Crippen LogP contribution in [-0.4, -0.2) is 29.1 Å². The van der Waals surface area contributed by atoms with Gasteiger partial charge in [-0.3, -0.25) is 9.59 Å². The number of ether oxygens (including phenoxy) is 1. The number of amides is 2. The van der Waals surface area contributed by atoms with E-state index in [4.69, 9.17) is 4.74 Å². The minimum atomic E-state index is -0.207. The van der Waals surface area contributed by atoms with Crippen molar-refractivity contribution < 1.29 is 14.3 Å². The van der Waals surface area contributed by atoms with Crippen LogP contribution in [0.25, 0.3) is 0 Å². The molecule has 6 nitrogen and oxygen atoms in total. The Morgan fingerprint density at radius 3 is 2.25 bits per heavy atom. The maximum atomic E-state index is 12.5. The van der Waals surface area contributed by atoms with Crippen molar-refractivity contribution in [3.05, 3.63) is 24.3 Å². The first kappa shape index (κ1) is 11.6. The molecule has 2 bridgehead atoms. The molecule has 3 aliphatic rings. The molecule has 1 aromatic heterocycles. The van der Waals surface area contributed by atoms with Crippen molar-refractivity contribution in [3.8, 4) is 5.88 Å². The lowest BCUT2D eigenvalue weighted by Crippen LogP contribution is -2.33. The number of nitrogens with zero attached hydrogens (tertiary/aromatic N) is 3. The van der Waals surface area contributed by atoms with E-state index in [0.29, 0.717) is 5.88 Å². The van der Waals surface area contributed by atoms with E-state index in [-0.39, 0.29) is 41.3 Å². The van der Waals surface area contributed by atoms with Gasteiger partial charge in [-0.2, -0.15) is 0 Å². The van der Waals surface area contributed by atoms with E-state index in [9.17, 15) is 9.59 Å². The predicted molar refractivity (Wildman–Crippen MR) is 68.8 cm³/mol. The second-order valence-electron chi connectivity index (χ2n) is 5.45. The van der Waals surface area contributed by atoms with Gasteiger partial charge in [0.05, 0.1) is 18.9 Å². The summed E-state index contributed by atoms with van der Waals surface area (Å²) in [5.41, 5.74) is 0. The largest absolute Gasteiger partial charge is 0.480 e. The zero-order chi connectivity index (χ0) is 13.9. The van der Waals surface area contributed by atoms with Gasteiger partial charge in [0.15, 0.2) is 5.82 Å². The predicted octanol–water partition coefficient (Wildman–Crippen LogP) is 0.797. The molecule has 1 saturated heterocycles. The van der Waals surface area contributed by atoms with Gasteiger partial charge in [0.1, 0.15) is 0 Å². The summed E-state index contributed by atoms with van der Waals surface area (Å²) in [7, 11) is 1.49. The molecular formula is C14H13N3O3. The van der Waals surface area contributed by atoms with Gasteiger partial charge < -0.3 is 4.74 Å². The minimum absolute atomic E-state index is 0.142. The van der Waals surface area contributed by atoms with Gasteiger partial charge in [0.2, 0.25) is 17.7 Å². The molecule has 1 aromatic rings. The van der Waals surface area contributed by atoms with Crippen molar-refractivity contribution in [2.75, 3.05) is 12.0 Å². The fraction of sp³-hybridized carbons (Fsp3) is 0.429. The minimum Gasteiger partial charge on any atom is -0.480 e. The molecule has 0 N–H and O–H groups in total. The van der Waals surface area contributed by atoms with Gasteiger partial charge in [-0.15, -0.1) is 10.2 Å². The van der Waals surface area contributed by atoms with E-state index in [1.807, 2.05) is 0 Å². The van der Waals surface area contributed by atoms with Gasteiger partial charge in [-0.05, 0) is 24.3 Å². The smallest absolute Gasteiger partial charge is 0.239 e. The Labute approximate surface area is 115 Å². The molecular weight excluding hydrogens is 258 g/mol. The third-order valence-corrected chi connectivity index (χ3v) is 4.53. The molecule has 2 amide bonds. The number of methoxy groups -OCH3 is 1. The van der Waals surface area contributed by atoms with Crippen LogP contribution in [0.4, 0.5) is 5.82 Å². The van der Waals surface area contributed by atoms with Crippen LogP contribution in [0.1, 0.15) is 6.42 Å². The Kier molecular flexibility index (Phi) is 2.24. The average Bonchev–Trinajstić information content (AvgIpc) is 3.14. The molecule has 4 atom stereocenters. The van der Waals surface area contributed by atoms with Gasteiger partial charge in [0, 0.05) is 6.07 Å². The van der Waals surface area contributed by atoms with Gasteiger partial charge in [0.25, 0.3) is 0 Å². The summed E-state index contributed by atoms with van der Waals surface area (Å²) >= 11 is 0. The molecule has 0 radical (unpaired) electrons. The molecule has 4 rings (SSSR count). The summed E-state index contributed by atoms with van der Waals surface area (Å²) in [5.74, 6) is 0.357. The van der Waals surface area contributed by atoms with E-state index < -0.39 is 0 Å². The molecule has 0 aromatic carbocycles. The van der Waals surface area contributed by atoms with E-state index >= 15 is 0 Å². The number of anilines is 1. The van der Waals surface area contributed by atoms with Gasteiger partial charge in [-0.25, -0.2) is 4.90 Å². The highest BCUT2D eigenvalue weighted by Crippen LogP contribution is 2.52. The first-order chi connectivity index (χ1) is 9.70. The van der Waals surface area contributed by atoms with E-state index in [1.54, 1.807) is 12.1 Å². The maximum absolute atomic E-state index is 12.5. The molecule has 102 valence electrons. The number of hydrogen-bond acceptors (Lipinski definition) is 5. The van der Waals surface area contributed by atoms with Crippen LogP contribution < -0.4 is 9.64 Å². The van der Waals surface area contributed by atoms with Gasteiger partial charge in [-0.1, -0.05) is 12.2 Å². The van der Waals surface area contributed by atoms with Crippen LogP contribution in [0.2, 0.25) is 0 Å². The summed E-state index contributed by atoms with van der Waals surface area (Å²) in [6.45, 7) is 0. The van der Waals surface area contributed by atoms with Gasteiger partial charge >= 0.3 is 0 Å². The summed E-state index contributed by atoms with van der Waals surface area (Å²) in [6, 6.07) is 3.20. The van der Waals surface area contributed by atoms with Crippen LogP contribution >= 0.6 is 0 Å². The number of carbonyl (C=O) groups excluding carboxylic acids is 2. The Morgan fingerprint density at radius 1 is 1.10 bits per heavy atom. The number of rotatable bonds is 2. The number of aromatic nitrogens is 2. The molecule has 2 fully saturated rings. The first-order valence-electron chi connectivity index (χ1n) is 6.64. The van der Waals surface area contributed by atoms with Crippen LogP contribution in [0.5, 0.6) is 5.88 Å². The third kappa shape index (κ3) is 1.33.